The van der Waals surface area contributed by atoms with Gasteiger partial charge in [-0.1, -0.05) is 22.9 Å². The van der Waals surface area contributed by atoms with Crippen molar-refractivity contribution in [2.24, 2.45) is 5.92 Å². The highest BCUT2D eigenvalue weighted by atomic mass is 79.9. The molecule has 0 radical (unpaired) electrons. The average Bonchev–Trinajstić information content (AvgIpc) is 1.97. The van der Waals surface area contributed by atoms with Crippen molar-refractivity contribution < 1.29 is 9.47 Å². The minimum absolute atomic E-state index is 0.341. The van der Waals surface area contributed by atoms with Crippen molar-refractivity contribution in [2.45, 2.75) is 39.1 Å². The quantitative estimate of drug-likeness (QED) is 0.687. The maximum absolute atomic E-state index is 5.77. The maximum Gasteiger partial charge on any atom is 0.163 e. The van der Waals surface area contributed by atoms with Crippen molar-refractivity contribution in [1.82, 2.24) is 0 Å². The number of halogens is 1. The lowest BCUT2D eigenvalue weighted by molar-refractivity contribution is -0.290. The van der Waals surface area contributed by atoms with Gasteiger partial charge in [0.25, 0.3) is 0 Å². The van der Waals surface area contributed by atoms with E-state index >= 15 is 0 Å². The Morgan fingerprint density at radius 3 is 2.75 bits per heavy atom. The summed E-state index contributed by atoms with van der Waals surface area (Å²) in [6.07, 6.45) is 1.40. The Morgan fingerprint density at radius 2 is 2.17 bits per heavy atom. The molecular weight excluding hydrogens is 220 g/mol. The van der Waals surface area contributed by atoms with Crippen molar-refractivity contribution in [3.8, 4) is 0 Å². The molecule has 0 aromatic rings. The number of rotatable bonds is 2. The largest absolute Gasteiger partial charge is 0.350 e. The first-order chi connectivity index (χ1) is 5.55. The number of ether oxygens (including phenoxy) is 2. The van der Waals surface area contributed by atoms with Crippen LogP contribution in [0.4, 0.5) is 0 Å². The van der Waals surface area contributed by atoms with E-state index in [1.807, 2.05) is 13.8 Å². The molecule has 0 aromatic heterocycles. The molecule has 12 heavy (non-hydrogen) atoms. The Labute approximate surface area is 82.7 Å². The molecule has 72 valence electrons. The lowest BCUT2D eigenvalue weighted by Crippen LogP contribution is -2.44. The van der Waals surface area contributed by atoms with Crippen LogP contribution < -0.4 is 0 Å². The van der Waals surface area contributed by atoms with Crippen LogP contribution in [-0.2, 0) is 9.47 Å². The molecule has 0 aliphatic carbocycles. The number of hydrogen-bond acceptors (Lipinski definition) is 2. The molecule has 2 atom stereocenters. The first kappa shape index (κ1) is 10.5. The molecule has 3 heteroatoms. The van der Waals surface area contributed by atoms with E-state index in [9.17, 15) is 0 Å². The lowest BCUT2D eigenvalue weighted by atomic mass is 10.0. The summed E-state index contributed by atoms with van der Waals surface area (Å²) in [6.45, 7) is 6.92. The molecule has 0 aromatic carbocycles. The third kappa shape index (κ3) is 2.71. The molecule has 0 amide bonds. The molecule has 0 N–H and O–H groups in total. The van der Waals surface area contributed by atoms with E-state index in [0.29, 0.717) is 12.0 Å². The number of alkyl halides is 1. The van der Waals surface area contributed by atoms with E-state index in [1.54, 1.807) is 0 Å². The first-order valence-electron chi connectivity index (χ1n) is 4.43. The molecule has 1 fully saturated rings. The van der Waals surface area contributed by atoms with Crippen LogP contribution in [0.3, 0.4) is 0 Å². The predicted octanol–water partition coefficient (Wildman–Crippen LogP) is 2.56. The molecule has 1 saturated heterocycles. The summed E-state index contributed by atoms with van der Waals surface area (Å²) in [5.41, 5.74) is 0. The van der Waals surface area contributed by atoms with E-state index in [-0.39, 0.29) is 5.79 Å². The summed E-state index contributed by atoms with van der Waals surface area (Å²) in [6, 6.07) is 0. The van der Waals surface area contributed by atoms with Crippen LogP contribution >= 0.6 is 15.9 Å². The maximum atomic E-state index is 5.77. The summed E-state index contributed by atoms with van der Waals surface area (Å²) in [5, 5.41) is 0.998. The van der Waals surface area contributed by atoms with Crippen LogP contribution in [0, 0.1) is 5.92 Å². The van der Waals surface area contributed by atoms with Gasteiger partial charge >= 0.3 is 0 Å². The molecule has 0 bridgehead atoms. The summed E-state index contributed by atoms with van der Waals surface area (Å²) >= 11 is 3.43. The fourth-order valence-electron chi connectivity index (χ4n) is 1.41. The standard InChI is InChI=1S/C9H17BrO2/c1-7-6-11-9(2,3)12-8(7)4-5-10/h7-8H,4-6H2,1-3H3/t7-,8+/m1/s1. The normalized spacial score (nSPS) is 35.0. The van der Waals surface area contributed by atoms with Crippen LogP contribution in [0.1, 0.15) is 27.2 Å². The van der Waals surface area contributed by atoms with Gasteiger partial charge in [-0.2, -0.15) is 0 Å². The van der Waals surface area contributed by atoms with E-state index in [0.717, 1.165) is 18.4 Å². The third-order valence-electron chi connectivity index (χ3n) is 2.16. The predicted molar refractivity (Wildman–Crippen MR) is 52.5 cm³/mol. The minimum atomic E-state index is -0.390. The molecule has 0 unspecified atom stereocenters. The van der Waals surface area contributed by atoms with E-state index < -0.39 is 0 Å². The second-order valence-electron chi connectivity index (χ2n) is 3.82. The Kier molecular flexibility index (Phi) is 3.56. The topological polar surface area (TPSA) is 18.5 Å². The average molecular weight is 237 g/mol. The Hall–Kier alpha value is 0.400. The summed E-state index contributed by atoms with van der Waals surface area (Å²) < 4.78 is 11.3. The zero-order valence-corrected chi connectivity index (χ0v) is 9.56. The monoisotopic (exact) mass is 236 g/mol. The molecule has 1 aliphatic rings. The van der Waals surface area contributed by atoms with Crippen LogP contribution in [0.25, 0.3) is 0 Å². The van der Waals surface area contributed by atoms with Crippen LogP contribution in [0.15, 0.2) is 0 Å². The van der Waals surface area contributed by atoms with E-state index in [4.69, 9.17) is 9.47 Å². The highest BCUT2D eigenvalue weighted by Gasteiger charge is 2.33. The highest BCUT2D eigenvalue weighted by molar-refractivity contribution is 9.09. The molecule has 0 saturated carbocycles. The second kappa shape index (κ2) is 4.07. The van der Waals surface area contributed by atoms with Gasteiger partial charge in [0.15, 0.2) is 5.79 Å². The molecular formula is C9H17BrO2. The second-order valence-corrected chi connectivity index (χ2v) is 4.62. The van der Waals surface area contributed by atoms with Gasteiger partial charge in [0, 0.05) is 11.2 Å². The SMILES string of the molecule is C[C@@H]1COC(C)(C)O[C@H]1CCBr. The Morgan fingerprint density at radius 1 is 1.50 bits per heavy atom. The molecule has 0 spiro atoms. The van der Waals surface area contributed by atoms with Gasteiger partial charge in [-0.05, 0) is 20.3 Å². The smallest absolute Gasteiger partial charge is 0.163 e. The van der Waals surface area contributed by atoms with Crippen molar-refractivity contribution >= 4 is 15.9 Å². The van der Waals surface area contributed by atoms with Crippen molar-refractivity contribution in [1.29, 1.82) is 0 Å². The summed E-state index contributed by atoms with van der Waals surface area (Å²) in [5.74, 6) is 0.120. The molecule has 1 aliphatic heterocycles. The van der Waals surface area contributed by atoms with Gasteiger partial charge in [0.2, 0.25) is 0 Å². The van der Waals surface area contributed by atoms with Gasteiger partial charge in [-0.3, -0.25) is 0 Å². The van der Waals surface area contributed by atoms with Gasteiger partial charge in [0.05, 0.1) is 12.7 Å². The first-order valence-corrected chi connectivity index (χ1v) is 5.55. The van der Waals surface area contributed by atoms with E-state index in [1.165, 1.54) is 0 Å². The Balaban J connectivity index is 2.47. The van der Waals surface area contributed by atoms with Crippen molar-refractivity contribution in [3.63, 3.8) is 0 Å². The fraction of sp³-hybridized carbons (Fsp3) is 1.00. The fourth-order valence-corrected chi connectivity index (χ4v) is 1.86. The third-order valence-corrected chi connectivity index (χ3v) is 2.62. The zero-order chi connectivity index (χ0) is 9.19. The van der Waals surface area contributed by atoms with Crippen LogP contribution in [-0.4, -0.2) is 23.8 Å². The van der Waals surface area contributed by atoms with E-state index in [2.05, 4.69) is 22.9 Å². The number of hydrogen-bond donors (Lipinski definition) is 0. The summed E-state index contributed by atoms with van der Waals surface area (Å²) in [4.78, 5) is 0. The molecule has 2 nitrogen and oxygen atoms in total. The molecule has 1 rings (SSSR count). The van der Waals surface area contributed by atoms with Gasteiger partial charge < -0.3 is 9.47 Å². The van der Waals surface area contributed by atoms with Gasteiger partial charge in [0.1, 0.15) is 0 Å². The van der Waals surface area contributed by atoms with Crippen molar-refractivity contribution in [3.05, 3.63) is 0 Å². The lowest BCUT2D eigenvalue weighted by Gasteiger charge is -2.39. The van der Waals surface area contributed by atoms with Crippen LogP contribution in [0.5, 0.6) is 0 Å². The van der Waals surface area contributed by atoms with Crippen molar-refractivity contribution in [2.75, 3.05) is 11.9 Å². The molecule has 1 heterocycles. The van der Waals surface area contributed by atoms with Gasteiger partial charge in [-0.15, -0.1) is 0 Å². The summed E-state index contributed by atoms with van der Waals surface area (Å²) in [7, 11) is 0. The minimum Gasteiger partial charge on any atom is -0.350 e. The van der Waals surface area contributed by atoms with Crippen LogP contribution in [0.2, 0.25) is 0 Å². The Bertz CT molecular complexity index is 147. The zero-order valence-electron chi connectivity index (χ0n) is 7.97. The highest BCUT2D eigenvalue weighted by Crippen LogP contribution is 2.27. The van der Waals surface area contributed by atoms with Gasteiger partial charge in [-0.25, -0.2) is 0 Å².